The van der Waals surface area contributed by atoms with Gasteiger partial charge in [0.15, 0.2) is 0 Å². The lowest BCUT2D eigenvalue weighted by Crippen LogP contribution is -2.24. The Hall–Kier alpha value is -1.28. The van der Waals surface area contributed by atoms with Crippen LogP contribution in [0.4, 0.5) is 0 Å². The van der Waals surface area contributed by atoms with Gasteiger partial charge >= 0.3 is 0 Å². The van der Waals surface area contributed by atoms with Crippen molar-refractivity contribution in [1.29, 1.82) is 0 Å². The molecule has 0 unspecified atom stereocenters. The minimum atomic E-state index is 0.524. The van der Waals surface area contributed by atoms with Gasteiger partial charge in [0.25, 0.3) is 0 Å². The zero-order valence-electron chi connectivity index (χ0n) is 10.6. The maximum Gasteiger partial charge on any atom is 0.0476 e. The number of aromatic nitrogens is 1. The maximum absolute atomic E-state index is 3.62. The maximum atomic E-state index is 3.62. The van der Waals surface area contributed by atoms with Crippen molar-refractivity contribution < 1.29 is 0 Å². The van der Waals surface area contributed by atoms with E-state index in [4.69, 9.17) is 0 Å². The van der Waals surface area contributed by atoms with Crippen molar-refractivity contribution in [3.63, 3.8) is 0 Å². The molecule has 2 nitrogen and oxygen atoms in total. The first-order chi connectivity index (χ1) is 8.29. The Bertz CT molecular complexity index is 539. The van der Waals surface area contributed by atoms with Gasteiger partial charge in [0.1, 0.15) is 0 Å². The summed E-state index contributed by atoms with van der Waals surface area (Å²) in [5.41, 5.74) is 5.62. The van der Waals surface area contributed by atoms with Crippen molar-refractivity contribution in [2.75, 3.05) is 6.54 Å². The van der Waals surface area contributed by atoms with Crippen LogP contribution in [0.15, 0.2) is 18.2 Å². The lowest BCUT2D eigenvalue weighted by atomic mass is 9.91. The van der Waals surface area contributed by atoms with Crippen molar-refractivity contribution in [2.24, 2.45) is 0 Å². The normalized spacial score (nSPS) is 19.5. The van der Waals surface area contributed by atoms with Gasteiger partial charge in [-0.15, -0.1) is 0 Å². The third kappa shape index (κ3) is 1.77. The van der Waals surface area contributed by atoms with Crippen LogP contribution in [0.3, 0.4) is 0 Å². The van der Waals surface area contributed by atoms with E-state index < -0.39 is 0 Å². The molecule has 1 aromatic heterocycles. The molecule has 0 saturated heterocycles. The van der Waals surface area contributed by atoms with Crippen LogP contribution in [-0.4, -0.2) is 11.5 Å². The van der Waals surface area contributed by atoms with Crippen molar-refractivity contribution in [3.8, 4) is 0 Å². The summed E-state index contributed by atoms with van der Waals surface area (Å²) in [4.78, 5) is 3.62. The van der Waals surface area contributed by atoms with Crippen LogP contribution in [-0.2, 0) is 6.42 Å². The molecule has 0 saturated carbocycles. The zero-order chi connectivity index (χ0) is 11.8. The lowest BCUT2D eigenvalue weighted by molar-refractivity contribution is 0.465. The van der Waals surface area contributed by atoms with Gasteiger partial charge in [0.05, 0.1) is 0 Å². The standard InChI is InChI=1S/C15H20N2/c1-3-16-14-6-4-5-11-12-9-10(2)7-8-13(12)17-15(11)14/h7-9,14,16-17H,3-6H2,1-2H3/t14-/m1/s1. The molecule has 1 aromatic carbocycles. The molecule has 1 aliphatic rings. The van der Waals surface area contributed by atoms with Gasteiger partial charge in [-0.25, -0.2) is 0 Å². The fourth-order valence-corrected chi connectivity index (χ4v) is 3.03. The Morgan fingerprint density at radius 3 is 3.12 bits per heavy atom. The van der Waals surface area contributed by atoms with E-state index in [2.05, 4.69) is 42.3 Å². The second-order valence-electron chi connectivity index (χ2n) is 5.07. The van der Waals surface area contributed by atoms with Crippen LogP contribution in [0.25, 0.3) is 10.9 Å². The van der Waals surface area contributed by atoms with Crippen LogP contribution in [0.5, 0.6) is 0 Å². The number of fused-ring (bicyclic) bond motifs is 3. The molecule has 1 heterocycles. The van der Waals surface area contributed by atoms with Crippen molar-refractivity contribution in [3.05, 3.63) is 35.0 Å². The predicted octanol–water partition coefficient (Wildman–Crippen LogP) is 3.46. The number of hydrogen-bond acceptors (Lipinski definition) is 1. The molecule has 0 amide bonds. The monoisotopic (exact) mass is 228 g/mol. The largest absolute Gasteiger partial charge is 0.357 e. The summed E-state index contributed by atoms with van der Waals surface area (Å²) in [7, 11) is 0. The van der Waals surface area contributed by atoms with E-state index in [0.29, 0.717) is 6.04 Å². The van der Waals surface area contributed by atoms with Gasteiger partial charge in [-0.05, 0) is 50.4 Å². The van der Waals surface area contributed by atoms with Gasteiger partial charge < -0.3 is 10.3 Å². The van der Waals surface area contributed by atoms with E-state index in [-0.39, 0.29) is 0 Å². The third-order valence-corrected chi connectivity index (χ3v) is 3.81. The Kier molecular flexibility index (Phi) is 2.67. The molecule has 3 rings (SSSR count). The SMILES string of the molecule is CCN[C@@H]1CCCc2c1[nH]c1ccc(C)cc21. The average Bonchev–Trinajstić information content (AvgIpc) is 2.69. The molecule has 2 heteroatoms. The van der Waals surface area contributed by atoms with Gasteiger partial charge in [-0.1, -0.05) is 18.6 Å². The molecule has 1 aliphatic carbocycles. The second kappa shape index (κ2) is 4.19. The molecule has 0 radical (unpaired) electrons. The van der Waals surface area contributed by atoms with Gasteiger partial charge in [-0.3, -0.25) is 0 Å². The average molecular weight is 228 g/mol. The van der Waals surface area contributed by atoms with E-state index in [0.717, 1.165) is 6.54 Å². The summed E-state index contributed by atoms with van der Waals surface area (Å²) < 4.78 is 0. The molecule has 2 aromatic rings. The topological polar surface area (TPSA) is 27.8 Å². The molecule has 0 spiro atoms. The highest BCUT2D eigenvalue weighted by atomic mass is 14.9. The van der Waals surface area contributed by atoms with Crippen LogP contribution in [0.1, 0.15) is 42.6 Å². The highest BCUT2D eigenvalue weighted by Gasteiger charge is 2.23. The molecule has 1 atom stereocenters. The summed E-state index contributed by atoms with van der Waals surface area (Å²) >= 11 is 0. The van der Waals surface area contributed by atoms with Gasteiger partial charge in [-0.2, -0.15) is 0 Å². The number of aryl methyl sites for hydroxylation is 2. The smallest absolute Gasteiger partial charge is 0.0476 e. The van der Waals surface area contributed by atoms with Crippen LogP contribution < -0.4 is 5.32 Å². The van der Waals surface area contributed by atoms with Crippen LogP contribution >= 0.6 is 0 Å². The minimum absolute atomic E-state index is 0.524. The highest BCUT2D eigenvalue weighted by Crippen LogP contribution is 2.34. The zero-order valence-corrected chi connectivity index (χ0v) is 10.6. The van der Waals surface area contributed by atoms with Crippen molar-refractivity contribution >= 4 is 10.9 Å². The summed E-state index contributed by atoms with van der Waals surface area (Å²) in [6.07, 6.45) is 3.78. The Balaban J connectivity index is 2.15. The van der Waals surface area contributed by atoms with Gasteiger partial charge in [0.2, 0.25) is 0 Å². The third-order valence-electron chi connectivity index (χ3n) is 3.81. The van der Waals surface area contributed by atoms with E-state index >= 15 is 0 Å². The quantitative estimate of drug-likeness (QED) is 0.809. The number of nitrogens with one attached hydrogen (secondary N) is 2. The fraction of sp³-hybridized carbons (Fsp3) is 0.467. The summed E-state index contributed by atoms with van der Waals surface area (Å²) in [6, 6.07) is 7.24. The lowest BCUT2D eigenvalue weighted by Gasteiger charge is -2.23. The Labute approximate surface area is 102 Å². The van der Waals surface area contributed by atoms with Crippen molar-refractivity contribution in [2.45, 2.75) is 39.2 Å². The molecule has 0 aliphatic heterocycles. The van der Waals surface area contributed by atoms with E-state index in [1.807, 2.05) is 0 Å². The molecular weight excluding hydrogens is 208 g/mol. The molecule has 2 N–H and O–H groups in total. The number of aromatic amines is 1. The van der Waals surface area contributed by atoms with Crippen LogP contribution in [0, 0.1) is 6.92 Å². The first-order valence-electron chi connectivity index (χ1n) is 6.64. The van der Waals surface area contributed by atoms with E-state index in [1.165, 1.54) is 41.4 Å². The molecule has 90 valence electrons. The van der Waals surface area contributed by atoms with E-state index in [1.54, 1.807) is 5.56 Å². The number of hydrogen-bond donors (Lipinski definition) is 2. The summed E-state index contributed by atoms with van der Waals surface area (Å²) in [5, 5.41) is 5.02. The Morgan fingerprint density at radius 2 is 2.29 bits per heavy atom. The number of H-pyrrole nitrogens is 1. The Morgan fingerprint density at radius 1 is 1.41 bits per heavy atom. The molecular formula is C15H20N2. The summed E-state index contributed by atoms with van der Waals surface area (Å²) in [5.74, 6) is 0. The molecule has 0 fully saturated rings. The number of benzene rings is 1. The van der Waals surface area contributed by atoms with Crippen LogP contribution in [0.2, 0.25) is 0 Å². The van der Waals surface area contributed by atoms with Crippen molar-refractivity contribution in [1.82, 2.24) is 10.3 Å². The predicted molar refractivity (Wildman–Crippen MR) is 72.4 cm³/mol. The first kappa shape index (κ1) is 10.8. The molecule has 17 heavy (non-hydrogen) atoms. The second-order valence-corrected chi connectivity index (χ2v) is 5.07. The van der Waals surface area contributed by atoms with E-state index in [9.17, 15) is 0 Å². The highest BCUT2D eigenvalue weighted by molar-refractivity contribution is 5.85. The van der Waals surface area contributed by atoms with Gasteiger partial charge in [0, 0.05) is 22.6 Å². The number of rotatable bonds is 2. The molecule has 0 bridgehead atoms. The minimum Gasteiger partial charge on any atom is -0.357 e. The first-order valence-corrected chi connectivity index (χ1v) is 6.64. The fourth-order valence-electron chi connectivity index (χ4n) is 3.03. The summed E-state index contributed by atoms with van der Waals surface area (Å²) in [6.45, 7) is 5.39.